The number of carbonyl (C=O) groups is 1. The second kappa shape index (κ2) is 6.04. The van der Waals surface area contributed by atoms with Gasteiger partial charge in [-0.1, -0.05) is 0 Å². The highest BCUT2D eigenvalue weighted by atomic mass is 16.6. The zero-order valence-electron chi connectivity index (χ0n) is 11.7. The van der Waals surface area contributed by atoms with Gasteiger partial charge in [-0.3, -0.25) is 19.6 Å². The highest BCUT2D eigenvalue weighted by Crippen LogP contribution is 2.21. The highest BCUT2D eigenvalue weighted by Gasteiger charge is 2.16. The molecule has 2 rings (SSSR count). The predicted molar refractivity (Wildman–Crippen MR) is 77.0 cm³/mol. The Morgan fingerprint density at radius 3 is 2.76 bits per heavy atom. The van der Waals surface area contributed by atoms with Gasteiger partial charge in [0.1, 0.15) is 0 Å². The predicted octanol–water partition coefficient (Wildman–Crippen LogP) is 1.30. The van der Waals surface area contributed by atoms with E-state index in [2.05, 4.69) is 15.7 Å². The maximum absolute atomic E-state index is 12.2. The van der Waals surface area contributed by atoms with Gasteiger partial charge in [-0.2, -0.15) is 5.10 Å². The van der Waals surface area contributed by atoms with Crippen LogP contribution in [0.15, 0.2) is 30.5 Å². The lowest BCUT2D eigenvalue weighted by Crippen LogP contribution is -2.24. The first kappa shape index (κ1) is 14.5. The molecule has 0 fully saturated rings. The number of non-ortho nitro benzene ring substituents is 1. The Morgan fingerprint density at radius 1 is 1.43 bits per heavy atom. The van der Waals surface area contributed by atoms with Gasteiger partial charge >= 0.3 is 0 Å². The summed E-state index contributed by atoms with van der Waals surface area (Å²) in [6.07, 6.45) is 1.77. The highest BCUT2D eigenvalue weighted by molar-refractivity contribution is 6.00. The Morgan fingerprint density at radius 2 is 2.19 bits per heavy atom. The van der Waals surface area contributed by atoms with Crippen molar-refractivity contribution in [2.24, 2.45) is 7.05 Å². The minimum Gasteiger partial charge on any atom is -0.387 e. The molecule has 1 aromatic carbocycles. The molecule has 0 aliphatic rings. The molecule has 1 heterocycles. The van der Waals surface area contributed by atoms with Crippen LogP contribution in [0.25, 0.3) is 0 Å². The number of anilines is 1. The Hall–Kier alpha value is -2.90. The van der Waals surface area contributed by atoms with Gasteiger partial charge in [0.2, 0.25) is 0 Å². The van der Waals surface area contributed by atoms with E-state index in [-0.39, 0.29) is 17.8 Å². The van der Waals surface area contributed by atoms with Gasteiger partial charge in [0.25, 0.3) is 11.6 Å². The van der Waals surface area contributed by atoms with Crippen molar-refractivity contribution in [1.29, 1.82) is 0 Å². The molecule has 0 spiro atoms. The standard InChI is InChI=1S/C13H15N5O3/c1-14-12-4-3-10(18(20)21)7-11(12)13(19)15-8-9-5-6-17(2)16-9/h3-7,14H,8H2,1-2H3,(H,15,19). The van der Waals surface area contributed by atoms with E-state index in [0.717, 1.165) is 0 Å². The van der Waals surface area contributed by atoms with E-state index in [1.54, 1.807) is 31.0 Å². The van der Waals surface area contributed by atoms with Crippen LogP contribution in [-0.2, 0) is 13.6 Å². The van der Waals surface area contributed by atoms with E-state index in [1.807, 2.05) is 0 Å². The van der Waals surface area contributed by atoms with Gasteiger partial charge < -0.3 is 10.6 Å². The monoisotopic (exact) mass is 289 g/mol. The van der Waals surface area contributed by atoms with Gasteiger partial charge in [0.05, 0.1) is 22.7 Å². The van der Waals surface area contributed by atoms with Gasteiger partial charge in [0.15, 0.2) is 0 Å². The molecule has 8 nitrogen and oxygen atoms in total. The van der Waals surface area contributed by atoms with Gasteiger partial charge in [-0.05, 0) is 12.1 Å². The summed E-state index contributed by atoms with van der Waals surface area (Å²) < 4.78 is 1.63. The number of aryl methyl sites for hydroxylation is 1. The second-order valence-electron chi connectivity index (χ2n) is 4.40. The number of carbonyl (C=O) groups excluding carboxylic acids is 1. The molecule has 110 valence electrons. The first-order chi connectivity index (χ1) is 10.0. The maximum Gasteiger partial charge on any atom is 0.270 e. The van der Waals surface area contributed by atoms with E-state index in [0.29, 0.717) is 11.4 Å². The Kier molecular flexibility index (Phi) is 4.17. The number of hydrogen-bond acceptors (Lipinski definition) is 5. The maximum atomic E-state index is 12.2. The Labute approximate surface area is 120 Å². The molecule has 2 N–H and O–H groups in total. The van der Waals surface area contributed by atoms with Crippen molar-refractivity contribution in [3.05, 3.63) is 51.8 Å². The van der Waals surface area contributed by atoms with Gasteiger partial charge in [0, 0.05) is 38.1 Å². The SMILES string of the molecule is CNc1ccc([N+](=O)[O-])cc1C(=O)NCc1ccn(C)n1. The number of nitro groups is 1. The zero-order valence-corrected chi connectivity index (χ0v) is 11.7. The lowest BCUT2D eigenvalue weighted by molar-refractivity contribution is -0.384. The molecule has 0 radical (unpaired) electrons. The van der Waals surface area contributed by atoms with E-state index in [4.69, 9.17) is 0 Å². The fraction of sp³-hybridized carbons (Fsp3) is 0.231. The zero-order chi connectivity index (χ0) is 15.4. The van der Waals surface area contributed by atoms with Crippen LogP contribution in [0.5, 0.6) is 0 Å². The average Bonchev–Trinajstić information content (AvgIpc) is 2.89. The average molecular weight is 289 g/mol. The number of aromatic nitrogens is 2. The summed E-state index contributed by atoms with van der Waals surface area (Å²) in [5.41, 5.74) is 1.33. The Balaban J connectivity index is 2.17. The summed E-state index contributed by atoms with van der Waals surface area (Å²) in [6, 6.07) is 5.89. The molecule has 2 aromatic rings. The molecule has 1 amide bonds. The van der Waals surface area contributed by atoms with Crippen molar-refractivity contribution in [2.75, 3.05) is 12.4 Å². The molecular weight excluding hydrogens is 274 g/mol. The van der Waals surface area contributed by atoms with Crippen molar-refractivity contribution < 1.29 is 9.72 Å². The molecule has 0 bridgehead atoms. The fourth-order valence-corrected chi connectivity index (χ4v) is 1.88. The van der Waals surface area contributed by atoms with Crippen LogP contribution < -0.4 is 10.6 Å². The molecule has 0 atom stereocenters. The molecule has 0 aliphatic heterocycles. The van der Waals surface area contributed by atoms with Crippen molar-refractivity contribution in [1.82, 2.24) is 15.1 Å². The third-order valence-corrected chi connectivity index (χ3v) is 2.93. The van der Waals surface area contributed by atoms with Crippen molar-refractivity contribution in [3.63, 3.8) is 0 Å². The topological polar surface area (TPSA) is 102 Å². The number of nitro benzene ring substituents is 1. The van der Waals surface area contributed by atoms with Gasteiger partial charge in [-0.25, -0.2) is 0 Å². The normalized spacial score (nSPS) is 10.2. The first-order valence-corrected chi connectivity index (χ1v) is 6.24. The van der Waals surface area contributed by atoms with Crippen molar-refractivity contribution in [2.45, 2.75) is 6.54 Å². The lowest BCUT2D eigenvalue weighted by atomic mass is 10.1. The summed E-state index contributed by atoms with van der Waals surface area (Å²) in [7, 11) is 3.43. The Bertz CT molecular complexity index is 680. The minimum absolute atomic E-state index is 0.128. The largest absolute Gasteiger partial charge is 0.387 e. The summed E-state index contributed by atoms with van der Waals surface area (Å²) in [5, 5.41) is 20.5. The lowest BCUT2D eigenvalue weighted by Gasteiger charge is -2.09. The molecular formula is C13H15N5O3. The molecule has 0 aliphatic carbocycles. The van der Waals surface area contributed by atoms with Crippen LogP contribution in [0, 0.1) is 10.1 Å². The smallest absolute Gasteiger partial charge is 0.270 e. The van der Waals surface area contributed by atoms with E-state index >= 15 is 0 Å². The number of hydrogen-bond donors (Lipinski definition) is 2. The van der Waals surface area contributed by atoms with Crippen LogP contribution in [0.2, 0.25) is 0 Å². The van der Waals surface area contributed by atoms with E-state index in [1.165, 1.54) is 18.2 Å². The van der Waals surface area contributed by atoms with Crippen LogP contribution in [0.4, 0.5) is 11.4 Å². The quantitative estimate of drug-likeness (QED) is 0.638. The minimum atomic E-state index is -0.533. The molecule has 0 saturated heterocycles. The summed E-state index contributed by atoms with van der Waals surface area (Å²) in [5.74, 6) is -0.395. The molecule has 0 saturated carbocycles. The third kappa shape index (κ3) is 3.35. The number of nitrogens with zero attached hydrogens (tertiary/aromatic N) is 3. The molecule has 21 heavy (non-hydrogen) atoms. The summed E-state index contributed by atoms with van der Waals surface area (Å²) in [6.45, 7) is 0.255. The van der Waals surface area contributed by atoms with Gasteiger partial charge in [-0.15, -0.1) is 0 Å². The number of benzene rings is 1. The van der Waals surface area contributed by atoms with Crippen LogP contribution in [0.1, 0.15) is 16.1 Å². The van der Waals surface area contributed by atoms with E-state index < -0.39 is 10.8 Å². The molecule has 1 aromatic heterocycles. The number of amides is 1. The van der Waals surface area contributed by atoms with Crippen LogP contribution >= 0.6 is 0 Å². The molecule has 0 unspecified atom stereocenters. The summed E-state index contributed by atoms with van der Waals surface area (Å²) in [4.78, 5) is 22.4. The molecule has 8 heteroatoms. The number of nitrogens with one attached hydrogen (secondary N) is 2. The van der Waals surface area contributed by atoms with Crippen LogP contribution in [0.3, 0.4) is 0 Å². The van der Waals surface area contributed by atoms with Crippen molar-refractivity contribution in [3.8, 4) is 0 Å². The summed E-state index contributed by atoms with van der Waals surface area (Å²) >= 11 is 0. The third-order valence-electron chi connectivity index (χ3n) is 2.93. The van der Waals surface area contributed by atoms with Crippen molar-refractivity contribution >= 4 is 17.3 Å². The van der Waals surface area contributed by atoms with Crippen LogP contribution in [-0.4, -0.2) is 27.7 Å². The first-order valence-electron chi connectivity index (χ1n) is 6.24. The number of rotatable bonds is 5. The fourth-order valence-electron chi connectivity index (χ4n) is 1.88. The second-order valence-corrected chi connectivity index (χ2v) is 4.40. The van der Waals surface area contributed by atoms with E-state index in [9.17, 15) is 14.9 Å².